The Morgan fingerprint density at radius 3 is 2.36 bits per heavy atom. The molecule has 4 rings (SSSR count). The molecule has 3 heterocycles. The first kappa shape index (κ1) is 25.9. The van der Waals surface area contributed by atoms with Gasteiger partial charge in [0.05, 0.1) is 18.9 Å². The van der Waals surface area contributed by atoms with Crippen molar-refractivity contribution in [3.8, 4) is 0 Å². The Bertz CT molecular complexity index is 999. The number of aromatic nitrogens is 1. The summed E-state index contributed by atoms with van der Waals surface area (Å²) in [5, 5.41) is 6.43. The third-order valence-electron chi connectivity index (χ3n) is 6.53. The van der Waals surface area contributed by atoms with Gasteiger partial charge in [-0.25, -0.2) is 4.98 Å². The number of carbonyl (C=O) groups is 2. The second kappa shape index (κ2) is 12.7. The van der Waals surface area contributed by atoms with Gasteiger partial charge in [-0.1, -0.05) is 0 Å². The van der Waals surface area contributed by atoms with E-state index in [0.29, 0.717) is 36.8 Å². The fourth-order valence-corrected chi connectivity index (χ4v) is 4.57. The number of carbonyl (C=O) groups excluding carboxylic acids is 2. The lowest BCUT2D eigenvalue weighted by molar-refractivity contribution is 0.0374. The molecule has 2 N–H and O–H groups in total. The van der Waals surface area contributed by atoms with Crippen molar-refractivity contribution >= 4 is 23.3 Å². The number of nitrogens with one attached hydrogen (secondary N) is 2. The summed E-state index contributed by atoms with van der Waals surface area (Å²) in [6, 6.07) is 11.3. The number of ether oxygens (including phenoxy) is 1. The number of pyridine rings is 1. The van der Waals surface area contributed by atoms with Gasteiger partial charge in [0.1, 0.15) is 0 Å². The quantitative estimate of drug-likeness (QED) is 0.517. The number of rotatable bonds is 9. The smallest absolute Gasteiger partial charge is 0.253 e. The number of amides is 2. The second-order valence-corrected chi connectivity index (χ2v) is 9.59. The van der Waals surface area contributed by atoms with Crippen LogP contribution in [0.3, 0.4) is 0 Å². The highest BCUT2D eigenvalue weighted by molar-refractivity contribution is 5.98. The number of anilines is 2. The molecule has 2 aliphatic rings. The number of benzene rings is 1. The molecule has 36 heavy (non-hydrogen) atoms. The molecule has 0 atom stereocenters. The molecule has 9 nitrogen and oxygen atoms in total. The average molecular weight is 495 g/mol. The van der Waals surface area contributed by atoms with Gasteiger partial charge >= 0.3 is 0 Å². The van der Waals surface area contributed by atoms with Crippen LogP contribution in [0.2, 0.25) is 0 Å². The molecule has 0 aliphatic carbocycles. The fourth-order valence-electron chi connectivity index (χ4n) is 4.57. The minimum atomic E-state index is -0.106. The zero-order valence-corrected chi connectivity index (χ0v) is 21.4. The van der Waals surface area contributed by atoms with Crippen LogP contribution < -0.4 is 15.5 Å². The van der Waals surface area contributed by atoms with E-state index in [1.54, 1.807) is 30.5 Å². The Hall–Kier alpha value is -3.17. The first-order chi connectivity index (χ1) is 17.5. The van der Waals surface area contributed by atoms with Crippen molar-refractivity contribution < 1.29 is 14.3 Å². The van der Waals surface area contributed by atoms with E-state index in [9.17, 15) is 9.59 Å². The summed E-state index contributed by atoms with van der Waals surface area (Å²) >= 11 is 0. The van der Waals surface area contributed by atoms with Crippen molar-refractivity contribution in [1.82, 2.24) is 20.1 Å². The lowest BCUT2D eigenvalue weighted by Crippen LogP contribution is -2.49. The van der Waals surface area contributed by atoms with Gasteiger partial charge < -0.3 is 25.2 Å². The second-order valence-electron chi connectivity index (χ2n) is 9.59. The molecule has 1 aromatic heterocycles. The third-order valence-corrected chi connectivity index (χ3v) is 6.53. The van der Waals surface area contributed by atoms with Crippen molar-refractivity contribution in [3.05, 3.63) is 53.7 Å². The minimum absolute atomic E-state index is 0.00586. The molecule has 0 bridgehead atoms. The Kier molecular flexibility index (Phi) is 9.13. The van der Waals surface area contributed by atoms with Crippen molar-refractivity contribution in [1.29, 1.82) is 0 Å². The van der Waals surface area contributed by atoms with E-state index in [4.69, 9.17) is 4.74 Å². The standard InChI is InChI=1S/C27H38N6O3/c1-21(2)30-24-5-3-10-28-25(24)32-13-15-33(16-14-32)27(35)23-8-6-22(7-9-23)26(34)29-11-4-12-31-17-19-36-20-18-31/h3,5-10,21,30H,4,11-20H2,1-2H3,(H,29,34). The van der Waals surface area contributed by atoms with Crippen LogP contribution in [0.25, 0.3) is 0 Å². The topological polar surface area (TPSA) is 90.0 Å². The first-order valence-corrected chi connectivity index (χ1v) is 13.0. The highest BCUT2D eigenvalue weighted by Gasteiger charge is 2.24. The van der Waals surface area contributed by atoms with Crippen LogP contribution >= 0.6 is 0 Å². The van der Waals surface area contributed by atoms with E-state index in [2.05, 4.69) is 39.3 Å². The summed E-state index contributed by atoms with van der Waals surface area (Å²) in [6.07, 6.45) is 2.71. The van der Waals surface area contributed by atoms with Crippen LogP contribution in [-0.2, 0) is 4.74 Å². The lowest BCUT2D eigenvalue weighted by Gasteiger charge is -2.36. The molecule has 2 saturated heterocycles. The Balaban J connectivity index is 1.24. The van der Waals surface area contributed by atoms with Crippen molar-refractivity contribution in [2.45, 2.75) is 26.3 Å². The molecule has 2 aliphatic heterocycles. The monoisotopic (exact) mass is 494 g/mol. The Labute approximate surface area is 213 Å². The van der Waals surface area contributed by atoms with E-state index in [0.717, 1.165) is 63.9 Å². The van der Waals surface area contributed by atoms with E-state index in [1.165, 1.54) is 0 Å². The average Bonchev–Trinajstić information content (AvgIpc) is 2.91. The van der Waals surface area contributed by atoms with Gasteiger partial charge in [-0.15, -0.1) is 0 Å². The summed E-state index contributed by atoms with van der Waals surface area (Å²) < 4.78 is 5.36. The number of piperazine rings is 1. The van der Waals surface area contributed by atoms with Gasteiger partial charge in [0, 0.05) is 69.2 Å². The van der Waals surface area contributed by atoms with Crippen LogP contribution in [0.15, 0.2) is 42.6 Å². The zero-order valence-electron chi connectivity index (χ0n) is 21.4. The van der Waals surface area contributed by atoms with Gasteiger partial charge in [-0.3, -0.25) is 14.5 Å². The third kappa shape index (κ3) is 6.95. The molecular formula is C27H38N6O3. The molecule has 0 radical (unpaired) electrons. The predicted octanol–water partition coefficient (Wildman–Crippen LogP) is 2.32. The molecule has 1 aromatic carbocycles. The van der Waals surface area contributed by atoms with Crippen LogP contribution in [0.1, 0.15) is 41.0 Å². The summed E-state index contributed by atoms with van der Waals surface area (Å²) in [5.74, 6) is 0.818. The highest BCUT2D eigenvalue weighted by atomic mass is 16.5. The largest absolute Gasteiger partial charge is 0.380 e. The highest BCUT2D eigenvalue weighted by Crippen LogP contribution is 2.25. The molecule has 194 valence electrons. The van der Waals surface area contributed by atoms with Crippen LogP contribution in [-0.4, -0.2) is 98.2 Å². The van der Waals surface area contributed by atoms with E-state index in [-0.39, 0.29) is 11.8 Å². The van der Waals surface area contributed by atoms with E-state index >= 15 is 0 Å². The summed E-state index contributed by atoms with van der Waals surface area (Å²) in [6.45, 7) is 12.0. The first-order valence-electron chi connectivity index (χ1n) is 13.0. The molecule has 2 fully saturated rings. The number of morpholine rings is 1. The maximum absolute atomic E-state index is 13.1. The molecule has 0 unspecified atom stereocenters. The minimum Gasteiger partial charge on any atom is -0.380 e. The number of nitrogens with zero attached hydrogens (tertiary/aromatic N) is 4. The molecular weight excluding hydrogens is 456 g/mol. The Morgan fingerprint density at radius 2 is 1.67 bits per heavy atom. The van der Waals surface area contributed by atoms with Gasteiger partial charge in [-0.05, 0) is 63.2 Å². The normalized spacial score (nSPS) is 16.8. The van der Waals surface area contributed by atoms with E-state index < -0.39 is 0 Å². The molecule has 0 saturated carbocycles. The Morgan fingerprint density at radius 1 is 0.972 bits per heavy atom. The molecule has 2 aromatic rings. The number of hydrogen-bond donors (Lipinski definition) is 2. The molecule has 9 heteroatoms. The SMILES string of the molecule is CC(C)Nc1cccnc1N1CCN(C(=O)c2ccc(C(=O)NCCCN3CCOCC3)cc2)CC1. The van der Waals surface area contributed by atoms with Crippen molar-refractivity contribution in [2.24, 2.45) is 0 Å². The molecule has 2 amide bonds. The van der Waals surface area contributed by atoms with Gasteiger partial charge in [-0.2, -0.15) is 0 Å². The van der Waals surface area contributed by atoms with E-state index in [1.807, 2.05) is 17.0 Å². The predicted molar refractivity (Wildman–Crippen MR) is 142 cm³/mol. The number of hydrogen-bond acceptors (Lipinski definition) is 7. The fraction of sp³-hybridized carbons (Fsp3) is 0.519. The van der Waals surface area contributed by atoms with Gasteiger partial charge in [0.2, 0.25) is 0 Å². The van der Waals surface area contributed by atoms with Gasteiger partial charge in [0.25, 0.3) is 11.8 Å². The lowest BCUT2D eigenvalue weighted by atomic mass is 10.1. The van der Waals surface area contributed by atoms with Gasteiger partial charge in [0.15, 0.2) is 5.82 Å². The maximum atomic E-state index is 13.1. The van der Waals surface area contributed by atoms with Crippen molar-refractivity contribution in [3.63, 3.8) is 0 Å². The van der Waals surface area contributed by atoms with Crippen LogP contribution in [0.4, 0.5) is 11.5 Å². The summed E-state index contributed by atoms with van der Waals surface area (Å²) in [7, 11) is 0. The summed E-state index contributed by atoms with van der Waals surface area (Å²) in [4.78, 5) is 36.6. The van der Waals surface area contributed by atoms with Crippen molar-refractivity contribution in [2.75, 3.05) is 75.8 Å². The maximum Gasteiger partial charge on any atom is 0.253 e. The van der Waals surface area contributed by atoms with Crippen LogP contribution in [0, 0.1) is 0 Å². The zero-order chi connectivity index (χ0) is 25.3. The van der Waals surface area contributed by atoms with Crippen LogP contribution in [0.5, 0.6) is 0 Å². The summed E-state index contributed by atoms with van der Waals surface area (Å²) in [5.41, 5.74) is 2.19. The molecule has 0 spiro atoms.